The molecule has 0 spiro atoms. The summed E-state index contributed by atoms with van der Waals surface area (Å²) >= 11 is 0. The van der Waals surface area contributed by atoms with Crippen molar-refractivity contribution >= 4 is 5.78 Å². The van der Waals surface area contributed by atoms with Crippen LogP contribution < -0.4 is 0 Å². The summed E-state index contributed by atoms with van der Waals surface area (Å²) < 4.78 is 0. The van der Waals surface area contributed by atoms with E-state index in [1.54, 1.807) is 0 Å². The first-order chi connectivity index (χ1) is 8.22. The molecule has 0 aromatic carbocycles. The number of unbranched alkanes of at least 4 members (excludes halogenated alkanes) is 1. The molecule has 0 saturated carbocycles. The number of piperidine rings is 2. The molecule has 0 radical (unpaired) electrons. The number of fused-ring (bicyclic) bond motifs is 2. The maximum Gasteiger partial charge on any atom is 0.136 e. The Bertz CT molecular complexity index is 307. The third-order valence-electron chi connectivity index (χ3n) is 4.51. The van der Waals surface area contributed by atoms with Crippen molar-refractivity contribution in [2.45, 2.75) is 63.5 Å². The lowest BCUT2D eigenvalue weighted by Gasteiger charge is -2.46. The smallest absolute Gasteiger partial charge is 0.136 e. The van der Waals surface area contributed by atoms with Gasteiger partial charge in [0.05, 0.1) is 6.07 Å². The third kappa shape index (κ3) is 2.87. The van der Waals surface area contributed by atoms with Gasteiger partial charge in [0, 0.05) is 30.8 Å². The molecule has 94 valence electrons. The van der Waals surface area contributed by atoms with Gasteiger partial charge in [0.2, 0.25) is 0 Å². The van der Waals surface area contributed by atoms with E-state index in [-0.39, 0.29) is 5.92 Å². The van der Waals surface area contributed by atoms with Crippen LogP contribution in [0.1, 0.15) is 51.4 Å². The highest BCUT2D eigenvalue weighted by atomic mass is 16.1. The van der Waals surface area contributed by atoms with Crippen molar-refractivity contribution in [2.75, 3.05) is 7.05 Å². The van der Waals surface area contributed by atoms with E-state index in [1.165, 1.54) is 19.3 Å². The molecule has 3 heteroatoms. The highest BCUT2D eigenvalue weighted by molar-refractivity contribution is 5.81. The molecule has 0 aromatic heterocycles. The van der Waals surface area contributed by atoms with Crippen LogP contribution in [0.15, 0.2) is 0 Å². The van der Waals surface area contributed by atoms with Crippen LogP contribution in [-0.4, -0.2) is 29.8 Å². The van der Waals surface area contributed by atoms with E-state index in [0.29, 0.717) is 30.7 Å². The highest BCUT2D eigenvalue weighted by Crippen LogP contribution is 2.36. The second-order valence-electron chi connectivity index (χ2n) is 5.55. The quantitative estimate of drug-likeness (QED) is 0.702. The molecule has 2 unspecified atom stereocenters. The Balaban J connectivity index is 1.87. The van der Waals surface area contributed by atoms with Gasteiger partial charge in [-0.05, 0) is 39.2 Å². The molecule has 0 aliphatic carbocycles. The van der Waals surface area contributed by atoms with E-state index in [9.17, 15) is 4.79 Å². The van der Waals surface area contributed by atoms with Crippen LogP contribution in [0.4, 0.5) is 0 Å². The number of nitrogens with zero attached hydrogens (tertiary/aromatic N) is 2. The van der Waals surface area contributed by atoms with Gasteiger partial charge in [-0.15, -0.1) is 0 Å². The van der Waals surface area contributed by atoms with E-state index in [2.05, 4.69) is 18.0 Å². The first kappa shape index (κ1) is 12.6. The van der Waals surface area contributed by atoms with Crippen LogP contribution in [-0.2, 0) is 4.79 Å². The van der Waals surface area contributed by atoms with Gasteiger partial charge in [-0.1, -0.05) is 6.42 Å². The zero-order valence-corrected chi connectivity index (χ0v) is 10.7. The largest absolute Gasteiger partial charge is 0.300 e. The minimum absolute atomic E-state index is 0.278. The van der Waals surface area contributed by atoms with Gasteiger partial charge in [-0.2, -0.15) is 5.26 Å². The topological polar surface area (TPSA) is 44.1 Å². The van der Waals surface area contributed by atoms with Crippen LogP contribution in [0.25, 0.3) is 0 Å². The molecule has 2 atom stereocenters. The normalized spacial score (nSPS) is 33.1. The zero-order valence-electron chi connectivity index (χ0n) is 10.7. The summed E-state index contributed by atoms with van der Waals surface area (Å²) in [6.07, 6.45) is 7.83. The van der Waals surface area contributed by atoms with Crippen LogP contribution in [0.2, 0.25) is 0 Å². The Hall–Kier alpha value is -0.880. The molecule has 2 rings (SSSR count). The van der Waals surface area contributed by atoms with Crippen molar-refractivity contribution in [3.05, 3.63) is 0 Å². The van der Waals surface area contributed by atoms with Crippen molar-refractivity contribution in [2.24, 2.45) is 5.92 Å². The lowest BCUT2D eigenvalue weighted by molar-refractivity contribution is -0.126. The van der Waals surface area contributed by atoms with Gasteiger partial charge >= 0.3 is 0 Å². The molecule has 2 aliphatic heterocycles. The van der Waals surface area contributed by atoms with Gasteiger partial charge in [0.15, 0.2) is 0 Å². The average molecular weight is 234 g/mol. The molecule has 0 amide bonds. The summed E-state index contributed by atoms with van der Waals surface area (Å²) in [5.74, 6) is 0.686. The summed E-state index contributed by atoms with van der Waals surface area (Å²) in [5, 5.41) is 8.49. The molecule has 0 N–H and O–H groups in total. The molecule has 2 bridgehead atoms. The number of hydrogen-bond donors (Lipinski definition) is 0. The van der Waals surface area contributed by atoms with Crippen LogP contribution in [0.5, 0.6) is 0 Å². The number of nitriles is 1. The molecule has 17 heavy (non-hydrogen) atoms. The van der Waals surface area contributed by atoms with Crippen molar-refractivity contribution in [1.29, 1.82) is 5.26 Å². The summed E-state index contributed by atoms with van der Waals surface area (Å²) in [7, 11) is 2.21. The standard InChI is InChI=1S/C14H22N2O/c1-16-12-5-4-6-13(16)10-11(9-12)14(17)7-2-3-8-15/h11-13H,2-7,9-10H2,1H3. The zero-order chi connectivity index (χ0) is 12.3. The fourth-order valence-electron chi connectivity index (χ4n) is 3.42. The molecule has 2 saturated heterocycles. The lowest BCUT2D eigenvalue weighted by atomic mass is 9.76. The number of carbonyl (C=O) groups is 1. The maximum atomic E-state index is 12.1. The Morgan fingerprint density at radius 2 is 2.00 bits per heavy atom. The Kier molecular flexibility index (Phi) is 4.17. The monoisotopic (exact) mass is 234 g/mol. The van der Waals surface area contributed by atoms with Crippen LogP contribution >= 0.6 is 0 Å². The van der Waals surface area contributed by atoms with Crippen LogP contribution in [0, 0.1) is 17.2 Å². The summed E-state index contributed by atoms with van der Waals surface area (Å²) in [6, 6.07) is 3.38. The fourth-order valence-corrected chi connectivity index (χ4v) is 3.42. The van der Waals surface area contributed by atoms with E-state index in [0.717, 1.165) is 19.3 Å². The molecule has 2 aliphatic rings. The predicted molar refractivity (Wildman–Crippen MR) is 66.4 cm³/mol. The van der Waals surface area contributed by atoms with Crippen LogP contribution in [0.3, 0.4) is 0 Å². The first-order valence-corrected chi connectivity index (χ1v) is 6.84. The Labute approximate surface area is 104 Å². The number of Topliss-reactive ketones (excluding diaryl/α,β-unsaturated/α-hetero) is 1. The molecular weight excluding hydrogens is 212 g/mol. The van der Waals surface area contributed by atoms with Gasteiger partial charge in [0.1, 0.15) is 5.78 Å². The van der Waals surface area contributed by atoms with E-state index >= 15 is 0 Å². The second kappa shape index (κ2) is 5.64. The highest BCUT2D eigenvalue weighted by Gasteiger charge is 2.38. The predicted octanol–water partition coefficient (Wildman–Crippen LogP) is 2.51. The van der Waals surface area contributed by atoms with E-state index in [4.69, 9.17) is 5.26 Å². The van der Waals surface area contributed by atoms with Gasteiger partial charge in [-0.3, -0.25) is 4.79 Å². The Morgan fingerprint density at radius 3 is 2.59 bits per heavy atom. The first-order valence-electron chi connectivity index (χ1n) is 6.84. The summed E-state index contributed by atoms with van der Waals surface area (Å²) in [4.78, 5) is 14.6. The van der Waals surface area contributed by atoms with E-state index in [1.807, 2.05) is 0 Å². The van der Waals surface area contributed by atoms with Crippen molar-refractivity contribution in [1.82, 2.24) is 4.90 Å². The average Bonchev–Trinajstić information content (AvgIpc) is 2.28. The fraction of sp³-hybridized carbons (Fsp3) is 0.857. The summed E-state index contributed by atoms with van der Waals surface area (Å²) in [6.45, 7) is 0. The van der Waals surface area contributed by atoms with Gasteiger partial charge in [-0.25, -0.2) is 0 Å². The maximum absolute atomic E-state index is 12.1. The number of hydrogen-bond acceptors (Lipinski definition) is 3. The third-order valence-corrected chi connectivity index (χ3v) is 4.51. The molecule has 2 heterocycles. The summed E-state index contributed by atoms with van der Waals surface area (Å²) in [5.41, 5.74) is 0. The SMILES string of the molecule is CN1C2CCCC1CC(C(=O)CCCC#N)C2. The Morgan fingerprint density at radius 1 is 1.35 bits per heavy atom. The van der Waals surface area contributed by atoms with Crippen molar-refractivity contribution < 1.29 is 4.79 Å². The van der Waals surface area contributed by atoms with Gasteiger partial charge < -0.3 is 4.90 Å². The van der Waals surface area contributed by atoms with Crippen molar-refractivity contribution in [3.8, 4) is 6.07 Å². The number of carbonyl (C=O) groups excluding carboxylic acids is 1. The number of ketones is 1. The van der Waals surface area contributed by atoms with E-state index < -0.39 is 0 Å². The lowest BCUT2D eigenvalue weighted by Crippen LogP contribution is -2.51. The molecule has 0 aromatic rings. The molecule has 2 fully saturated rings. The molecular formula is C14H22N2O. The van der Waals surface area contributed by atoms with Gasteiger partial charge in [0.25, 0.3) is 0 Å². The second-order valence-corrected chi connectivity index (χ2v) is 5.55. The molecule has 3 nitrogen and oxygen atoms in total. The number of rotatable bonds is 4. The minimum Gasteiger partial charge on any atom is -0.300 e. The van der Waals surface area contributed by atoms with Crippen molar-refractivity contribution in [3.63, 3.8) is 0 Å². The minimum atomic E-state index is 0.278.